The van der Waals surface area contributed by atoms with Gasteiger partial charge in [-0.25, -0.2) is 0 Å². The third-order valence-corrected chi connectivity index (χ3v) is 3.59. The number of rotatable bonds is 5. The van der Waals surface area contributed by atoms with Crippen LogP contribution in [0.1, 0.15) is 27.0 Å². The molecule has 0 radical (unpaired) electrons. The molecule has 0 unspecified atom stereocenters. The largest absolute Gasteiger partial charge is 0.496 e. The first-order valence-electron chi connectivity index (χ1n) is 7.40. The van der Waals surface area contributed by atoms with Crippen molar-refractivity contribution in [2.45, 2.75) is 19.5 Å². The van der Waals surface area contributed by atoms with Crippen molar-refractivity contribution in [3.05, 3.63) is 64.7 Å². The molecule has 24 heavy (non-hydrogen) atoms. The molecule has 0 bridgehead atoms. The molecule has 3 nitrogen and oxygen atoms in total. The van der Waals surface area contributed by atoms with E-state index in [1.807, 2.05) is 25.1 Å². The number of carbonyl (C=O) groups excluding carboxylic acids is 1. The van der Waals surface area contributed by atoms with Crippen LogP contribution in [0.25, 0.3) is 0 Å². The van der Waals surface area contributed by atoms with E-state index < -0.39 is 17.6 Å². The fraction of sp³-hybridized carbons (Fsp3) is 0.278. The molecule has 0 aliphatic rings. The molecule has 128 valence electrons. The summed E-state index contributed by atoms with van der Waals surface area (Å²) in [6.07, 6.45) is -3.84. The number of methoxy groups -OCH3 is 1. The maximum Gasteiger partial charge on any atom is 0.416 e. The average molecular weight is 337 g/mol. The first kappa shape index (κ1) is 17.8. The molecule has 0 heterocycles. The Hall–Kier alpha value is -2.50. The molecule has 6 heteroatoms. The van der Waals surface area contributed by atoms with Crippen molar-refractivity contribution in [3.8, 4) is 5.75 Å². The smallest absolute Gasteiger partial charge is 0.416 e. The summed E-state index contributed by atoms with van der Waals surface area (Å²) in [4.78, 5) is 12.0. The molecular formula is C18H18F3NO2. The molecule has 0 saturated heterocycles. The minimum atomic E-state index is -4.41. The predicted molar refractivity (Wildman–Crippen MR) is 85.2 cm³/mol. The fourth-order valence-corrected chi connectivity index (χ4v) is 2.33. The van der Waals surface area contributed by atoms with Gasteiger partial charge in [-0.2, -0.15) is 13.2 Å². The van der Waals surface area contributed by atoms with Crippen LogP contribution in [-0.2, 0) is 12.6 Å². The van der Waals surface area contributed by atoms with E-state index in [0.29, 0.717) is 13.0 Å². The Labute approximate surface area is 138 Å². The van der Waals surface area contributed by atoms with Crippen molar-refractivity contribution in [1.82, 2.24) is 5.32 Å². The fourth-order valence-electron chi connectivity index (χ4n) is 2.33. The van der Waals surface area contributed by atoms with Crippen LogP contribution in [0.15, 0.2) is 42.5 Å². The number of amides is 1. The summed E-state index contributed by atoms with van der Waals surface area (Å²) in [5, 5.41) is 2.70. The van der Waals surface area contributed by atoms with Crippen LogP contribution in [0.3, 0.4) is 0 Å². The lowest BCUT2D eigenvalue weighted by Gasteiger charge is -2.11. The number of halogens is 3. The van der Waals surface area contributed by atoms with E-state index in [1.165, 1.54) is 12.1 Å². The average Bonchev–Trinajstić information content (AvgIpc) is 2.54. The van der Waals surface area contributed by atoms with Crippen LogP contribution in [0, 0.1) is 6.92 Å². The number of hydrogen-bond donors (Lipinski definition) is 1. The topological polar surface area (TPSA) is 38.3 Å². The minimum absolute atomic E-state index is 0.194. The van der Waals surface area contributed by atoms with E-state index in [-0.39, 0.29) is 5.56 Å². The Morgan fingerprint density at radius 2 is 1.79 bits per heavy atom. The second-order valence-electron chi connectivity index (χ2n) is 5.40. The Morgan fingerprint density at radius 3 is 2.38 bits per heavy atom. The van der Waals surface area contributed by atoms with Gasteiger partial charge in [-0.3, -0.25) is 4.79 Å². The van der Waals surface area contributed by atoms with Crippen molar-refractivity contribution < 1.29 is 22.7 Å². The van der Waals surface area contributed by atoms with Gasteiger partial charge < -0.3 is 10.1 Å². The molecule has 0 fully saturated rings. The molecule has 0 aromatic heterocycles. The molecule has 0 aliphatic carbocycles. The maximum atomic E-state index is 12.5. The third kappa shape index (κ3) is 4.50. The molecule has 0 saturated carbocycles. The number of carbonyl (C=O) groups is 1. The zero-order valence-electron chi connectivity index (χ0n) is 13.4. The number of benzene rings is 2. The van der Waals surface area contributed by atoms with Crippen LogP contribution in [0.2, 0.25) is 0 Å². The number of nitrogens with one attached hydrogen (secondary N) is 1. The van der Waals surface area contributed by atoms with E-state index in [9.17, 15) is 18.0 Å². The lowest BCUT2D eigenvalue weighted by atomic mass is 10.1. The van der Waals surface area contributed by atoms with Crippen LogP contribution >= 0.6 is 0 Å². The lowest BCUT2D eigenvalue weighted by molar-refractivity contribution is -0.137. The molecule has 0 atom stereocenters. The second-order valence-corrected chi connectivity index (χ2v) is 5.40. The molecule has 2 aromatic carbocycles. The molecule has 2 aromatic rings. The van der Waals surface area contributed by atoms with Gasteiger partial charge in [0.15, 0.2) is 0 Å². The van der Waals surface area contributed by atoms with Crippen molar-refractivity contribution in [2.24, 2.45) is 0 Å². The standard InChI is InChI=1S/C18H18F3NO2/c1-12-3-8-16(24-2)14(11-12)9-10-22-17(23)13-4-6-15(7-5-13)18(19,20)21/h3-8,11H,9-10H2,1-2H3,(H,22,23). The first-order chi connectivity index (χ1) is 11.3. The second kappa shape index (κ2) is 7.38. The summed E-state index contributed by atoms with van der Waals surface area (Å²) >= 11 is 0. The van der Waals surface area contributed by atoms with Gasteiger partial charge in [0.05, 0.1) is 12.7 Å². The summed E-state index contributed by atoms with van der Waals surface area (Å²) in [7, 11) is 1.58. The van der Waals surface area contributed by atoms with Crippen molar-refractivity contribution >= 4 is 5.91 Å². The third-order valence-electron chi connectivity index (χ3n) is 3.59. The van der Waals surface area contributed by atoms with Crippen molar-refractivity contribution in [1.29, 1.82) is 0 Å². The molecule has 1 amide bonds. The maximum absolute atomic E-state index is 12.5. The van der Waals surface area contributed by atoms with E-state index in [4.69, 9.17) is 4.74 Å². The van der Waals surface area contributed by atoms with Crippen LogP contribution in [0.5, 0.6) is 5.75 Å². The monoisotopic (exact) mass is 337 g/mol. The summed E-state index contributed by atoms with van der Waals surface area (Å²) in [6, 6.07) is 9.92. The number of aryl methyl sites for hydroxylation is 1. The number of alkyl halides is 3. The predicted octanol–water partition coefficient (Wildman–Crippen LogP) is 3.99. The lowest BCUT2D eigenvalue weighted by Crippen LogP contribution is -2.25. The highest BCUT2D eigenvalue weighted by molar-refractivity contribution is 5.94. The highest BCUT2D eigenvalue weighted by atomic mass is 19.4. The van der Waals surface area contributed by atoms with Gasteiger partial charge in [-0.1, -0.05) is 17.7 Å². The van der Waals surface area contributed by atoms with E-state index in [1.54, 1.807) is 7.11 Å². The van der Waals surface area contributed by atoms with E-state index in [2.05, 4.69) is 5.32 Å². The molecule has 2 rings (SSSR count). The minimum Gasteiger partial charge on any atom is -0.496 e. The van der Waals surface area contributed by atoms with E-state index >= 15 is 0 Å². The Balaban J connectivity index is 1.95. The quantitative estimate of drug-likeness (QED) is 0.896. The van der Waals surface area contributed by atoms with Gasteiger partial charge in [0, 0.05) is 12.1 Å². The van der Waals surface area contributed by atoms with Gasteiger partial charge in [-0.15, -0.1) is 0 Å². The summed E-state index contributed by atoms with van der Waals surface area (Å²) in [5.41, 5.74) is 1.47. The molecular weight excluding hydrogens is 319 g/mol. The van der Waals surface area contributed by atoms with E-state index in [0.717, 1.165) is 29.0 Å². The van der Waals surface area contributed by atoms with Crippen LogP contribution in [0.4, 0.5) is 13.2 Å². The van der Waals surface area contributed by atoms with Crippen LogP contribution < -0.4 is 10.1 Å². The van der Waals surface area contributed by atoms with Crippen LogP contribution in [-0.4, -0.2) is 19.6 Å². The Morgan fingerprint density at radius 1 is 1.12 bits per heavy atom. The van der Waals surface area contributed by atoms with Gasteiger partial charge in [0.25, 0.3) is 5.91 Å². The normalized spacial score (nSPS) is 11.2. The summed E-state index contributed by atoms with van der Waals surface area (Å²) in [5.74, 6) is 0.333. The highest BCUT2D eigenvalue weighted by Gasteiger charge is 2.30. The Kier molecular flexibility index (Phi) is 5.49. The highest BCUT2D eigenvalue weighted by Crippen LogP contribution is 2.29. The van der Waals surface area contributed by atoms with Gasteiger partial charge >= 0.3 is 6.18 Å². The van der Waals surface area contributed by atoms with Gasteiger partial charge in [-0.05, 0) is 49.2 Å². The molecule has 1 N–H and O–H groups in total. The van der Waals surface area contributed by atoms with Gasteiger partial charge in [0.1, 0.15) is 5.75 Å². The number of ether oxygens (including phenoxy) is 1. The first-order valence-corrected chi connectivity index (χ1v) is 7.40. The zero-order valence-corrected chi connectivity index (χ0v) is 13.4. The Bertz CT molecular complexity index is 709. The molecule has 0 aliphatic heterocycles. The summed E-state index contributed by atoms with van der Waals surface area (Å²) < 4.78 is 42.8. The molecule has 0 spiro atoms. The summed E-state index contributed by atoms with van der Waals surface area (Å²) in [6.45, 7) is 2.32. The zero-order chi connectivity index (χ0) is 17.7. The van der Waals surface area contributed by atoms with Crippen molar-refractivity contribution in [2.75, 3.05) is 13.7 Å². The van der Waals surface area contributed by atoms with Gasteiger partial charge in [0.2, 0.25) is 0 Å². The SMILES string of the molecule is COc1ccc(C)cc1CCNC(=O)c1ccc(C(F)(F)F)cc1. The number of hydrogen-bond acceptors (Lipinski definition) is 2. The van der Waals surface area contributed by atoms with Crippen molar-refractivity contribution in [3.63, 3.8) is 0 Å².